The standard InChI is InChI=1S/C20H31N5O3/c1-13(2)21-17(26)19(28)24-10-8-23(9-11-24)18(27)15-12-16(14-6-7-14)25(22-15)20(3,4)5/h12-14H,6-11H2,1-5H3,(H,21,26). The van der Waals surface area contributed by atoms with Gasteiger partial charge in [0.15, 0.2) is 5.69 Å². The number of hydrogen-bond acceptors (Lipinski definition) is 4. The van der Waals surface area contributed by atoms with Gasteiger partial charge in [0.05, 0.1) is 5.54 Å². The Balaban J connectivity index is 1.64. The van der Waals surface area contributed by atoms with E-state index in [0.29, 0.717) is 37.8 Å². The van der Waals surface area contributed by atoms with Gasteiger partial charge in [-0.2, -0.15) is 5.10 Å². The predicted octanol–water partition coefficient (Wildman–Crippen LogP) is 1.32. The van der Waals surface area contributed by atoms with Gasteiger partial charge in [-0.05, 0) is 53.5 Å². The third kappa shape index (κ3) is 4.36. The van der Waals surface area contributed by atoms with Gasteiger partial charge in [-0.25, -0.2) is 0 Å². The zero-order chi connectivity index (χ0) is 20.6. The number of amides is 3. The summed E-state index contributed by atoms with van der Waals surface area (Å²) in [5.74, 6) is -0.729. The van der Waals surface area contributed by atoms with E-state index in [-0.39, 0.29) is 17.5 Å². The molecule has 3 rings (SSSR count). The first-order valence-corrected chi connectivity index (χ1v) is 10.1. The Morgan fingerprint density at radius 2 is 1.64 bits per heavy atom. The highest BCUT2D eigenvalue weighted by atomic mass is 16.2. The number of rotatable bonds is 3. The van der Waals surface area contributed by atoms with Crippen molar-refractivity contribution in [3.05, 3.63) is 17.5 Å². The fraction of sp³-hybridized carbons (Fsp3) is 0.700. The molecule has 0 aromatic carbocycles. The quantitative estimate of drug-likeness (QED) is 0.790. The van der Waals surface area contributed by atoms with E-state index < -0.39 is 11.8 Å². The third-order valence-electron chi connectivity index (χ3n) is 5.06. The lowest BCUT2D eigenvalue weighted by molar-refractivity contribution is -0.147. The van der Waals surface area contributed by atoms with Crippen LogP contribution in [0.1, 0.15) is 69.6 Å². The predicted molar refractivity (Wildman–Crippen MR) is 105 cm³/mol. The molecule has 1 aromatic rings. The summed E-state index contributed by atoms with van der Waals surface area (Å²) in [7, 11) is 0. The normalized spacial score (nSPS) is 17.8. The van der Waals surface area contributed by atoms with Gasteiger partial charge in [-0.1, -0.05) is 0 Å². The lowest BCUT2D eigenvalue weighted by Gasteiger charge is -2.34. The molecule has 28 heavy (non-hydrogen) atoms. The summed E-state index contributed by atoms with van der Waals surface area (Å²) in [6, 6.07) is 1.84. The maximum absolute atomic E-state index is 13.0. The van der Waals surface area contributed by atoms with Crippen LogP contribution in [-0.2, 0) is 15.1 Å². The summed E-state index contributed by atoms with van der Waals surface area (Å²) < 4.78 is 1.98. The fourth-order valence-corrected chi connectivity index (χ4v) is 3.45. The lowest BCUT2D eigenvalue weighted by Crippen LogP contribution is -2.54. The topological polar surface area (TPSA) is 87.5 Å². The Hall–Kier alpha value is -2.38. The van der Waals surface area contributed by atoms with Gasteiger partial charge in [0, 0.05) is 43.8 Å². The Morgan fingerprint density at radius 1 is 1.07 bits per heavy atom. The fourth-order valence-electron chi connectivity index (χ4n) is 3.45. The number of piperazine rings is 1. The van der Waals surface area contributed by atoms with E-state index >= 15 is 0 Å². The van der Waals surface area contributed by atoms with Gasteiger partial charge in [-0.3, -0.25) is 19.1 Å². The molecule has 2 fully saturated rings. The minimum atomic E-state index is -0.590. The summed E-state index contributed by atoms with van der Waals surface area (Å²) in [5, 5.41) is 7.23. The van der Waals surface area contributed by atoms with Crippen molar-refractivity contribution in [3.63, 3.8) is 0 Å². The van der Waals surface area contributed by atoms with E-state index in [0.717, 1.165) is 18.5 Å². The van der Waals surface area contributed by atoms with Crippen molar-refractivity contribution < 1.29 is 14.4 Å². The molecule has 8 heteroatoms. The monoisotopic (exact) mass is 389 g/mol. The van der Waals surface area contributed by atoms with E-state index in [1.54, 1.807) is 4.90 Å². The second kappa shape index (κ2) is 7.56. The van der Waals surface area contributed by atoms with Gasteiger partial charge < -0.3 is 15.1 Å². The summed E-state index contributed by atoms with van der Waals surface area (Å²) in [5.41, 5.74) is 1.43. The number of nitrogens with zero attached hydrogens (tertiary/aromatic N) is 4. The highest BCUT2D eigenvalue weighted by molar-refractivity contribution is 6.35. The number of carbonyl (C=O) groups excluding carboxylic acids is 3. The van der Waals surface area contributed by atoms with Crippen LogP contribution in [0.25, 0.3) is 0 Å². The van der Waals surface area contributed by atoms with Crippen LogP contribution >= 0.6 is 0 Å². The van der Waals surface area contributed by atoms with Crippen LogP contribution in [-0.4, -0.2) is 69.5 Å². The summed E-state index contributed by atoms with van der Waals surface area (Å²) in [6.45, 7) is 11.4. The molecule has 0 spiro atoms. The zero-order valence-electron chi connectivity index (χ0n) is 17.5. The van der Waals surface area contributed by atoms with Crippen LogP contribution in [0.3, 0.4) is 0 Å². The van der Waals surface area contributed by atoms with E-state index in [1.165, 1.54) is 4.90 Å². The van der Waals surface area contributed by atoms with Crippen LogP contribution in [0.5, 0.6) is 0 Å². The van der Waals surface area contributed by atoms with Crippen LogP contribution in [0.2, 0.25) is 0 Å². The van der Waals surface area contributed by atoms with Crippen LogP contribution < -0.4 is 5.32 Å². The number of nitrogens with one attached hydrogen (secondary N) is 1. The number of hydrogen-bond donors (Lipinski definition) is 1. The lowest BCUT2D eigenvalue weighted by atomic mass is 10.1. The van der Waals surface area contributed by atoms with Crippen molar-refractivity contribution in [1.82, 2.24) is 24.9 Å². The first kappa shape index (κ1) is 20.4. The van der Waals surface area contributed by atoms with Gasteiger partial charge >= 0.3 is 11.8 Å². The van der Waals surface area contributed by atoms with Gasteiger partial charge in [0.2, 0.25) is 0 Å². The van der Waals surface area contributed by atoms with E-state index in [9.17, 15) is 14.4 Å². The zero-order valence-corrected chi connectivity index (χ0v) is 17.5. The molecule has 1 aliphatic carbocycles. The average molecular weight is 390 g/mol. The van der Waals surface area contributed by atoms with E-state index in [2.05, 4.69) is 31.2 Å². The first-order chi connectivity index (χ1) is 13.1. The molecule has 0 unspecified atom stereocenters. The molecule has 1 aliphatic heterocycles. The summed E-state index contributed by atoms with van der Waals surface area (Å²) in [6.07, 6.45) is 2.29. The molecule has 0 bridgehead atoms. The molecule has 1 aromatic heterocycles. The van der Waals surface area contributed by atoms with Gasteiger partial charge in [-0.15, -0.1) is 0 Å². The van der Waals surface area contributed by atoms with E-state index in [1.807, 2.05) is 24.6 Å². The molecule has 0 radical (unpaired) electrons. The molecular formula is C20H31N5O3. The van der Waals surface area contributed by atoms with Crippen LogP contribution in [0.4, 0.5) is 0 Å². The highest BCUT2D eigenvalue weighted by Gasteiger charge is 2.34. The van der Waals surface area contributed by atoms with Crippen molar-refractivity contribution in [2.45, 2.75) is 65.0 Å². The van der Waals surface area contributed by atoms with Crippen molar-refractivity contribution in [2.24, 2.45) is 0 Å². The Labute approximate surface area is 166 Å². The largest absolute Gasteiger partial charge is 0.346 e. The summed E-state index contributed by atoms with van der Waals surface area (Å²) >= 11 is 0. The van der Waals surface area contributed by atoms with E-state index in [4.69, 9.17) is 0 Å². The molecule has 3 amide bonds. The van der Waals surface area contributed by atoms with Crippen LogP contribution in [0, 0.1) is 0 Å². The van der Waals surface area contributed by atoms with Crippen molar-refractivity contribution >= 4 is 17.7 Å². The molecule has 2 heterocycles. The van der Waals surface area contributed by atoms with Crippen molar-refractivity contribution in [3.8, 4) is 0 Å². The molecule has 154 valence electrons. The first-order valence-electron chi connectivity index (χ1n) is 10.1. The van der Waals surface area contributed by atoms with Gasteiger partial charge in [0.25, 0.3) is 5.91 Å². The Bertz CT molecular complexity index is 765. The van der Waals surface area contributed by atoms with Gasteiger partial charge in [0.1, 0.15) is 0 Å². The smallest absolute Gasteiger partial charge is 0.312 e. The SMILES string of the molecule is CC(C)NC(=O)C(=O)N1CCN(C(=O)c2cc(C3CC3)n(C(C)(C)C)n2)CC1. The molecule has 8 nitrogen and oxygen atoms in total. The minimum absolute atomic E-state index is 0.0853. The third-order valence-corrected chi connectivity index (χ3v) is 5.06. The number of carbonyl (C=O) groups is 3. The Kier molecular flexibility index (Phi) is 5.50. The number of aromatic nitrogens is 2. The maximum atomic E-state index is 13.0. The molecule has 1 N–H and O–H groups in total. The maximum Gasteiger partial charge on any atom is 0.312 e. The molecule has 2 aliphatic rings. The second-order valence-corrected chi connectivity index (χ2v) is 9.02. The van der Waals surface area contributed by atoms with Crippen molar-refractivity contribution in [2.75, 3.05) is 26.2 Å². The highest BCUT2D eigenvalue weighted by Crippen LogP contribution is 2.41. The Morgan fingerprint density at radius 3 is 2.14 bits per heavy atom. The van der Waals surface area contributed by atoms with Crippen molar-refractivity contribution in [1.29, 1.82) is 0 Å². The molecule has 1 saturated carbocycles. The minimum Gasteiger partial charge on any atom is -0.346 e. The second-order valence-electron chi connectivity index (χ2n) is 9.02. The van der Waals surface area contributed by atoms with Crippen LogP contribution in [0.15, 0.2) is 6.07 Å². The molecular weight excluding hydrogens is 358 g/mol. The molecule has 0 atom stereocenters. The average Bonchev–Trinajstić information content (AvgIpc) is 3.37. The molecule has 1 saturated heterocycles. The summed E-state index contributed by atoms with van der Waals surface area (Å²) in [4.78, 5) is 40.3.